The molecule has 2 aliphatic rings. The van der Waals surface area contributed by atoms with Gasteiger partial charge in [-0.05, 0) is 0 Å². The van der Waals surface area contributed by atoms with Gasteiger partial charge < -0.3 is 9.47 Å². The van der Waals surface area contributed by atoms with Crippen molar-refractivity contribution in [1.29, 1.82) is 0 Å². The molecule has 44 valence electrons. The van der Waals surface area contributed by atoms with Crippen molar-refractivity contribution in [3.8, 4) is 0 Å². The van der Waals surface area contributed by atoms with Crippen LogP contribution in [0.15, 0.2) is 0 Å². The number of fused-ring (bicyclic) bond motifs is 1. The van der Waals surface area contributed by atoms with Gasteiger partial charge >= 0.3 is 0 Å². The van der Waals surface area contributed by atoms with Crippen LogP contribution in [0.4, 0.5) is 0 Å². The molecule has 0 atom stereocenters. The Hall–Kier alpha value is -0.410. The van der Waals surface area contributed by atoms with Gasteiger partial charge in [-0.25, -0.2) is 0 Å². The predicted octanol–water partition coefficient (Wildman–Crippen LogP) is 0.0483. The molecule has 0 spiro atoms. The molecule has 2 heterocycles. The van der Waals surface area contributed by atoms with E-state index in [1.54, 1.807) is 6.92 Å². The average molecular weight is 114 g/mol. The van der Waals surface area contributed by atoms with Crippen LogP contribution in [0.5, 0.6) is 0 Å². The van der Waals surface area contributed by atoms with Crippen LogP contribution in [-0.4, -0.2) is 17.9 Å². The lowest BCUT2D eigenvalue weighted by Gasteiger charge is -1.92. The summed E-state index contributed by atoms with van der Waals surface area (Å²) in [5.74, 6) is -0.642. The summed E-state index contributed by atoms with van der Waals surface area (Å²) in [6.07, 6.45) is 0.353. The molecule has 2 aliphatic heterocycles. The third-order valence-electron chi connectivity index (χ3n) is 1.47. The molecule has 0 unspecified atom stereocenters. The molecule has 0 bridgehead atoms. The van der Waals surface area contributed by atoms with E-state index < -0.39 is 5.79 Å². The number of hydrogen-bond acceptors (Lipinski definition) is 3. The molecule has 0 aromatic heterocycles. The molecule has 0 saturated carbocycles. The lowest BCUT2D eigenvalue weighted by Crippen LogP contribution is -2.13. The van der Waals surface area contributed by atoms with Crippen LogP contribution in [0.1, 0.15) is 13.3 Å². The van der Waals surface area contributed by atoms with Crippen molar-refractivity contribution in [2.24, 2.45) is 0 Å². The second-order valence-corrected chi connectivity index (χ2v) is 2.01. The van der Waals surface area contributed by atoms with E-state index in [-0.39, 0.29) is 12.1 Å². The fourth-order valence-electron chi connectivity index (χ4n) is 0.768. The number of Topliss-reactive ketones (excluding diaryl/α,β-unsaturated/α-hetero) is 1. The predicted molar refractivity (Wildman–Crippen MR) is 24.0 cm³/mol. The van der Waals surface area contributed by atoms with E-state index in [1.165, 1.54) is 0 Å². The minimum absolute atomic E-state index is 0.0718. The Kier molecular flexibility index (Phi) is 0.540. The number of carbonyl (C=O) groups excluding carboxylic acids is 1. The molecule has 2 saturated heterocycles. The number of hydrogen-bond donors (Lipinski definition) is 0. The van der Waals surface area contributed by atoms with Gasteiger partial charge in [0, 0.05) is 6.42 Å². The average Bonchev–Trinajstić information content (AvgIpc) is 2.45. The minimum Gasteiger partial charge on any atom is -0.303 e. The molecule has 0 amide bonds. The van der Waals surface area contributed by atoms with Crippen LogP contribution in [0.25, 0.3) is 0 Å². The first-order valence-corrected chi connectivity index (χ1v) is 2.68. The second kappa shape index (κ2) is 0.967. The zero-order chi connectivity index (χ0) is 5.78. The van der Waals surface area contributed by atoms with Gasteiger partial charge in [-0.15, -0.1) is 0 Å². The first kappa shape index (κ1) is 4.47. The van der Waals surface area contributed by atoms with Crippen molar-refractivity contribution in [2.75, 3.05) is 0 Å². The summed E-state index contributed by atoms with van der Waals surface area (Å²) in [6, 6.07) is 0. The lowest BCUT2D eigenvalue weighted by molar-refractivity contribution is -0.139. The number of carbonyl (C=O) groups is 1. The van der Waals surface area contributed by atoms with Gasteiger partial charge in [0.1, 0.15) is 0 Å². The SMILES string of the molecule is CCC(=O)C12OC1O2. The Balaban J connectivity index is 2.07. The van der Waals surface area contributed by atoms with E-state index in [1.807, 2.05) is 0 Å². The first-order valence-electron chi connectivity index (χ1n) is 2.68. The molecule has 3 heteroatoms. The van der Waals surface area contributed by atoms with Crippen molar-refractivity contribution in [2.45, 2.75) is 25.4 Å². The van der Waals surface area contributed by atoms with Crippen molar-refractivity contribution in [3.05, 3.63) is 0 Å². The van der Waals surface area contributed by atoms with Gasteiger partial charge in [0.25, 0.3) is 5.79 Å². The Morgan fingerprint density at radius 1 is 1.75 bits per heavy atom. The molecule has 8 heavy (non-hydrogen) atoms. The third kappa shape index (κ3) is 0.307. The molecule has 0 N–H and O–H groups in total. The molecule has 2 rings (SSSR count). The van der Waals surface area contributed by atoms with Gasteiger partial charge in [0.15, 0.2) is 5.78 Å². The molecule has 0 radical (unpaired) electrons. The van der Waals surface area contributed by atoms with E-state index in [0.29, 0.717) is 6.42 Å². The van der Waals surface area contributed by atoms with Crippen molar-refractivity contribution in [1.82, 2.24) is 0 Å². The van der Waals surface area contributed by atoms with Crippen LogP contribution in [0, 0.1) is 0 Å². The first-order chi connectivity index (χ1) is 3.79. The molecular formula is C5H6O3. The standard InChI is InChI=1S/C5H6O3/c1-2-3(6)5-4(7-5)8-5/h4H,2H2,1H3. The van der Waals surface area contributed by atoms with Gasteiger partial charge in [-0.1, -0.05) is 6.92 Å². The number of ether oxygens (including phenoxy) is 2. The van der Waals surface area contributed by atoms with E-state index in [0.717, 1.165) is 0 Å². The fraction of sp³-hybridized carbons (Fsp3) is 0.800. The van der Waals surface area contributed by atoms with Crippen LogP contribution in [0.2, 0.25) is 0 Å². The molecule has 0 aliphatic carbocycles. The Bertz CT molecular complexity index is 146. The monoisotopic (exact) mass is 114 g/mol. The Labute approximate surface area is 46.6 Å². The van der Waals surface area contributed by atoms with Crippen LogP contribution < -0.4 is 0 Å². The molecule has 0 aromatic rings. The summed E-state index contributed by atoms with van der Waals surface area (Å²) >= 11 is 0. The quantitative estimate of drug-likeness (QED) is 0.476. The summed E-state index contributed by atoms with van der Waals surface area (Å²) in [5, 5.41) is 0. The van der Waals surface area contributed by atoms with Crippen molar-refractivity contribution in [3.63, 3.8) is 0 Å². The Morgan fingerprint density at radius 2 is 2.25 bits per heavy atom. The van der Waals surface area contributed by atoms with E-state index in [4.69, 9.17) is 9.47 Å². The summed E-state index contributed by atoms with van der Waals surface area (Å²) < 4.78 is 9.55. The van der Waals surface area contributed by atoms with Crippen LogP contribution in [0.3, 0.4) is 0 Å². The largest absolute Gasteiger partial charge is 0.303 e. The summed E-state index contributed by atoms with van der Waals surface area (Å²) in [4.78, 5) is 10.7. The maximum absolute atomic E-state index is 10.7. The smallest absolute Gasteiger partial charge is 0.287 e. The van der Waals surface area contributed by atoms with E-state index in [9.17, 15) is 4.79 Å². The molecular weight excluding hydrogens is 108 g/mol. The number of rotatable bonds is 2. The molecule has 2 fully saturated rings. The maximum atomic E-state index is 10.7. The summed E-state index contributed by atoms with van der Waals surface area (Å²) in [5.41, 5.74) is 0. The molecule has 0 aromatic carbocycles. The minimum atomic E-state index is -0.714. The van der Waals surface area contributed by atoms with Crippen LogP contribution >= 0.6 is 0 Å². The van der Waals surface area contributed by atoms with E-state index >= 15 is 0 Å². The summed E-state index contributed by atoms with van der Waals surface area (Å²) in [6.45, 7) is 1.80. The highest BCUT2D eigenvalue weighted by Crippen LogP contribution is 2.56. The van der Waals surface area contributed by atoms with Gasteiger partial charge in [-0.3, -0.25) is 4.79 Å². The normalized spacial score (nSPS) is 47.9. The van der Waals surface area contributed by atoms with Gasteiger partial charge in [0.05, 0.1) is 0 Å². The Morgan fingerprint density at radius 3 is 2.38 bits per heavy atom. The topological polar surface area (TPSA) is 42.1 Å². The van der Waals surface area contributed by atoms with Gasteiger partial charge in [-0.2, -0.15) is 0 Å². The number of epoxide rings is 2. The van der Waals surface area contributed by atoms with Crippen LogP contribution in [-0.2, 0) is 14.3 Å². The fourth-order valence-corrected chi connectivity index (χ4v) is 0.768. The highest BCUT2D eigenvalue weighted by molar-refractivity contribution is 5.91. The van der Waals surface area contributed by atoms with Gasteiger partial charge in [0.2, 0.25) is 6.29 Å². The highest BCUT2D eigenvalue weighted by Gasteiger charge is 2.81. The summed E-state index contributed by atoms with van der Waals surface area (Å²) in [7, 11) is 0. The molecule has 3 nitrogen and oxygen atoms in total. The van der Waals surface area contributed by atoms with E-state index in [2.05, 4.69) is 0 Å². The maximum Gasteiger partial charge on any atom is 0.287 e. The second-order valence-electron chi connectivity index (χ2n) is 2.01. The number of ketones is 1. The highest BCUT2D eigenvalue weighted by atomic mass is 17.0. The zero-order valence-corrected chi connectivity index (χ0v) is 4.51. The lowest BCUT2D eigenvalue weighted by atomic mass is 10.2. The van der Waals surface area contributed by atoms with Crippen molar-refractivity contribution < 1.29 is 14.3 Å². The zero-order valence-electron chi connectivity index (χ0n) is 4.51. The van der Waals surface area contributed by atoms with Crippen molar-refractivity contribution >= 4 is 5.78 Å². The third-order valence-corrected chi connectivity index (χ3v) is 1.47.